The number of rotatable bonds is 3. The maximum absolute atomic E-state index is 13.1. The van der Waals surface area contributed by atoms with Crippen LogP contribution in [0.2, 0.25) is 0 Å². The first kappa shape index (κ1) is 19.1. The lowest BCUT2D eigenvalue weighted by atomic mass is 10.1. The molecule has 2 aromatic heterocycles. The Kier molecular flexibility index (Phi) is 5.09. The Morgan fingerprint density at radius 1 is 1.07 bits per heavy atom. The second-order valence-corrected chi connectivity index (χ2v) is 7.05. The summed E-state index contributed by atoms with van der Waals surface area (Å²) in [4.78, 5) is 15.2. The van der Waals surface area contributed by atoms with Gasteiger partial charge >= 0.3 is 0 Å². The van der Waals surface area contributed by atoms with E-state index in [0.29, 0.717) is 5.52 Å². The molecule has 0 fully saturated rings. The minimum absolute atomic E-state index is 0. The van der Waals surface area contributed by atoms with Crippen molar-refractivity contribution in [1.82, 2.24) is 19.2 Å². The van der Waals surface area contributed by atoms with E-state index in [2.05, 4.69) is 52.9 Å². The Morgan fingerprint density at radius 2 is 1.81 bits per heavy atom. The van der Waals surface area contributed by atoms with Crippen LogP contribution in [0.5, 0.6) is 0 Å². The molecule has 0 saturated carbocycles. The lowest BCUT2D eigenvalue weighted by molar-refractivity contribution is 0.402. The van der Waals surface area contributed by atoms with Gasteiger partial charge in [0.15, 0.2) is 0 Å². The number of fused-ring (bicyclic) bond motifs is 2. The van der Waals surface area contributed by atoms with E-state index in [1.54, 1.807) is 10.9 Å². The van der Waals surface area contributed by atoms with E-state index >= 15 is 0 Å². The van der Waals surface area contributed by atoms with Crippen LogP contribution < -0.4 is 5.43 Å². The third-order valence-electron chi connectivity index (χ3n) is 4.73. The van der Waals surface area contributed by atoms with Crippen LogP contribution in [0.25, 0.3) is 27.6 Å². The van der Waals surface area contributed by atoms with E-state index in [0.717, 1.165) is 34.2 Å². The number of aromatic nitrogens is 3. The molecular formula is C21H23ClN4O. The van der Waals surface area contributed by atoms with Crippen molar-refractivity contribution in [3.05, 3.63) is 70.0 Å². The van der Waals surface area contributed by atoms with Crippen molar-refractivity contribution in [3.63, 3.8) is 0 Å². The predicted molar refractivity (Wildman–Crippen MR) is 113 cm³/mol. The Balaban J connectivity index is 0.00000210. The van der Waals surface area contributed by atoms with Crippen molar-refractivity contribution in [1.29, 1.82) is 0 Å². The van der Waals surface area contributed by atoms with Gasteiger partial charge < -0.3 is 9.47 Å². The molecule has 27 heavy (non-hydrogen) atoms. The van der Waals surface area contributed by atoms with Crippen LogP contribution in [0, 0.1) is 6.92 Å². The van der Waals surface area contributed by atoms with Gasteiger partial charge in [-0.2, -0.15) is 5.10 Å². The summed E-state index contributed by atoms with van der Waals surface area (Å²) in [7, 11) is 5.94. The maximum Gasteiger partial charge on any atom is 0.215 e. The fraction of sp³-hybridized carbons (Fsp3) is 0.238. The van der Waals surface area contributed by atoms with Gasteiger partial charge in [0.2, 0.25) is 5.43 Å². The molecule has 4 rings (SSSR count). The highest BCUT2D eigenvalue weighted by Gasteiger charge is 2.17. The van der Waals surface area contributed by atoms with Gasteiger partial charge in [-0.15, -0.1) is 12.4 Å². The summed E-state index contributed by atoms with van der Waals surface area (Å²) in [6, 6.07) is 14.4. The zero-order valence-corrected chi connectivity index (χ0v) is 16.7. The molecule has 6 heteroatoms. The van der Waals surface area contributed by atoms with Crippen molar-refractivity contribution >= 4 is 34.3 Å². The average Bonchev–Trinajstić information content (AvgIpc) is 2.98. The van der Waals surface area contributed by atoms with E-state index in [9.17, 15) is 4.79 Å². The maximum atomic E-state index is 13.1. The predicted octanol–water partition coefficient (Wildman–Crippen LogP) is 3.67. The number of aryl methyl sites for hydroxylation is 2. The Hall–Kier alpha value is -2.63. The highest BCUT2D eigenvalue weighted by atomic mass is 35.5. The summed E-state index contributed by atoms with van der Waals surface area (Å²) >= 11 is 0. The summed E-state index contributed by atoms with van der Waals surface area (Å²) in [5.74, 6) is 0. The van der Waals surface area contributed by atoms with Crippen LogP contribution in [0.15, 0.2) is 53.5 Å². The molecule has 4 aromatic rings. The second-order valence-electron chi connectivity index (χ2n) is 7.05. The third-order valence-corrected chi connectivity index (χ3v) is 4.73. The summed E-state index contributed by atoms with van der Waals surface area (Å²) in [6.45, 7) is 2.83. The van der Waals surface area contributed by atoms with Crippen molar-refractivity contribution in [2.75, 3.05) is 14.1 Å². The smallest absolute Gasteiger partial charge is 0.215 e. The van der Waals surface area contributed by atoms with E-state index in [1.807, 2.05) is 32.2 Å². The van der Waals surface area contributed by atoms with Crippen LogP contribution in [0.1, 0.15) is 11.1 Å². The molecule has 2 heterocycles. The summed E-state index contributed by atoms with van der Waals surface area (Å²) in [6.07, 6.45) is 1.78. The largest absolute Gasteiger partial charge is 0.306 e. The number of benzene rings is 2. The standard InChI is InChI=1S/C21H22N4O.ClH/c1-14-9-10-18-16(11-14)21(26)20-19(12-22-24(20)4)25(18)17-8-6-5-7-15(17)13-23(2)3;/h5-12H,13H2,1-4H3;1H. The number of pyridine rings is 1. The van der Waals surface area contributed by atoms with Crippen molar-refractivity contribution < 1.29 is 0 Å². The number of nitrogens with zero attached hydrogens (tertiary/aromatic N) is 4. The summed E-state index contributed by atoms with van der Waals surface area (Å²) in [5, 5.41) is 5.09. The molecule has 0 aliphatic rings. The van der Waals surface area contributed by atoms with Crippen LogP contribution in [0.4, 0.5) is 0 Å². The topological polar surface area (TPSA) is 43.1 Å². The van der Waals surface area contributed by atoms with Crippen LogP contribution in [-0.4, -0.2) is 33.3 Å². The Bertz CT molecular complexity index is 1190. The zero-order valence-electron chi connectivity index (χ0n) is 15.9. The van der Waals surface area contributed by atoms with Gasteiger partial charge in [0.05, 0.1) is 22.9 Å². The molecule has 5 nitrogen and oxygen atoms in total. The number of para-hydroxylation sites is 1. The SMILES string of the molecule is Cc1ccc2c(c1)c(=O)c1c(cnn1C)n2-c1ccccc1CN(C)C.Cl. The lowest BCUT2D eigenvalue weighted by Crippen LogP contribution is -2.16. The average molecular weight is 383 g/mol. The van der Waals surface area contributed by atoms with Gasteiger partial charge in [0.1, 0.15) is 5.52 Å². The molecule has 0 aliphatic heterocycles. The molecule has 0 spiro atoms. The van der Waals surface area contributed by atoms with Gasteiger partial charge in [0, 0.05) is 19.0 Å². The van der Waals surface area contributed by atoms with Crippen LogP contribution in [0.3, 0.4) is 0 Å². The van der Waals surface area contributed by atoms with Crippen LogP contribution in [-0.2, 0) is 13.6 Å². The Morgan fingerprint density at radius 3 is 2.56 bits per heavy atom. The van der Waals surface area contributed by atoms with Gasteiger partial charge in [-0.1, -0.05) is 29.8 Å². The van der Waals surface area contributed by atoms with Crippen LogP contribution >= 0.6 is 12.4 Å². The first-order valence-electron chi connectivity index (χ1n) is 8.67. The van der Waals surface area contributed by atoms with Crippen molar-refractivity contribution in [2.45, 2.75) is 13.5 Å². The summed E-state index contributed by atoms with van der Waals surface area (Å²) < 4.78 is 3.84. The quantitative estimate of drug-likeness (QED) is 0.543. The number of halogens is 1. The molecule has 0 amide bonds. The molecule has 140 valence electrons. The molecular weight excluding hydrogens is 360 g/mol. The minimum Gasteiger partial charge on any atom is -0.306 e. The first-order valence-corrected chi connectivity index (χ1v) is 8.67. The van der Waals surface area contributed by atoms with Gasteiger partial charge in [0.25, 0.3) is 0 Å². The molecule has 0 N–H and O–H groups in total. The monoisotopic (exact) mass is 382 g/mol. The van der Waals surface area contributed by atoms with E-state index < -0.39 is 0 Å². The highest BCUT2D eigenvalue weighted by Crippen LogP contribution is 2.26. The molecule has 2 aromatic carbocycles. The number of hydrogen-bond donors (Lipinski definition) is 0. The second kappa shape index (κ2) is 7.18. The fourth-order valence-corrected chi connectivity index (χ4v) is 3.60. The number of hydrogen-bond acceptors (Lipinski definition) is 3. The molecule has 0 radical (unpaired) electrons. The molecule has 0 saturated heterocycles. The zero-order chi connectivity index (χ0) is 18.4. The van der Waals surface area contributed by atoms with E-state index in [1.165, 1.54) is 5.56 Å². The Labute approximate surface area is 164 Å². The van der Waals surface area contributed by atoms with Crippen molar-refractivity contribution in [3.8, 4) is 5.69 Å². The lowest BCUT2D eigenvalue weighted by Gasteiger charge is -2.19. The fourth-order valence-electron chi connectivity index (χ4n) is 3.60. The first-order chi connectivity index (χ1) is 12.5. The van der Waals surface area contributed by atoms with E-state index in [4.69, 9.17) is 0 Å². The third kappa shape index (κ3) is 3.13. The molecule has 0 aliphatic carbocycles. The normalized spacial score (nSPS) is 11.3. The molecule has 0 bridgehead atoms. The summed E-state index contributed by atoms with van der Waals surface area (Å²) in [5.41, 5.74) is 5.75. The van der Waals surface area contributed by atoms with Gasteiger partial charge in [-0.25, -0.2) is 0 Å². The van der Waals surface area contributed by atoms with Gasteiger partial charge in [-0.05, 0) is 44.8 Å². The van der Waals surface area contributed by atoms with Gasteiger partial charge in [-0.3, -0.25) is 9.48 Å². The van der Waals surface area contributed by atoms with E-state index in [-0.39, 0.29) is 17.8 Å². The van der Waals surface area contributed by atoms with Crippen molar-refractivity contribution in [2.24, 2.45) is 7.05 Å². The molecule has 0 atom stereocenters. The molecule has 0 unspecified atom stereocenters. The minimum atomic E-state index is 0. The highest BCUT2D eigenvalue weighted by molar-refractivity contribution is 5.94.